The van der Waals surface area contributed by atoms with E-state index in [1.807, 2.05) is 18.2 Å². The van der Waals surface area contributed by atoms with E-state index in [9.17, 15) is 9.59 Å². The Morgan fingerprint density at radius 1 is 1.12 bits per heavy atom. The molecule has 2 rings (SSSR count). The van der Waals surface area contributed by atoms with Gasteiger partial charge in [0.1, 0.15) is 0 Å². The van der Waals surface area contributed by atoms with Crippen molar-refractivity contribution in [1.82, 2.24) is 5.32 Å². The number of esters is 1. The minimum atomic E-state index is -0.415. The molecule has 0 aliphatic heterocycles. The first kappa shape index (κ1) is 18.9. The first-order valence-electron chi connectivity index (χ1n) is 7.52. The van der Waals surface area contributed by atoms with E-state index in [1.54, 1.807) is 30.3 Å². The van der Waals surface area contributed by atoms with Crippen LogP contribution in [0.3, 0.4) is 0 Å². The monoisotopic (exact) mass is 376 g/mol. The summed E-state index contributed by atoms with van der Waals surface area (Å²) in [6.07, 6.45) is 0.800. The molecule has 0 aliphatic rings. The van der Waals surface area contributed by atoms with E-state index >= 15 is 0 Å². The van der Waals surface area contributed by atoms with Crippen molar-refractivity contribution in [1.29, 1.82) is 0 Å². The maximum Gasteiger partial charge on any atom is 0.337 e. The zero-order valence-corrected chi connectivity index (χ0v) is 15.1. The molecule has 0 unspecified atom stereocenters. The van der Waals surface area contributed by atoms with E-state index in [4.69, 9.17) is 23.8 Å². The summed E-state index contributed by atoms with van der Waals surface area (Å²) >= 11 is 11.2. The highest BCUT2D eigenvalue weighted by atomic mass is 35.5. The van der Waals surface area contributed by atoms with Crippen molar-refractivity contribution in [3.63, 3.8) is 0 Å². The molecule has 0 atom stereocenters. The molecular formula is C18H17ClN2O3S. The van der Waals surface area contributed by atoms with E-state index in [0.29, 0.717) is 22.7 Å². The Kier molecular flexibility index (Phi) is 6.91. The number of methoxy groups -OCH3 is 1. The number of carbonyl (C=O) groups excluding carboxylic acids is 2. The highest BCUT2D eigenvalue weighted by Gasteiger charge is 2.08. The third kappa shape index (κ3) is 5.85. The molecule has 2 aromatic rings. The Bertz CT molecular complexity index is 778. The Morgan fingerprint density at radius 2 is 1.80 bits per heavy atom. The van der Waals surface area contributed by atoms with Gasteiger partial charge in [-0.3, -0.25) is 4.79 Å². The SMILES string of the molecule is COC(=O)c1ccc(NC(=S)NC(=O)CCc2ccccc2Cl)cc1. The smallest absolute Gasteiger partial charge is 0.337 e. The molecule has 0 heterocycles. The van der Waals surface area contributed by atoms with Gasteiger partial charge in [0.15, 0.2) is 5.11 Å². The average Bonchev–Trinajstić information content (AvgIpc) is 2.61. The van der Waals surface area contributed by atoms with Gasteiger partial charge in [-0.25, -0.2) is 4.79 Å². The second-order valence-electron chi connectivity index (χ2n) is 5.16. The van der Waals surface area contributed by atoms with Gasteiger partial charge in [0.2, 0.25) is 5.91 Å². The van der Waals surface area contributed by atoms with Gasteiger partial charge < -0.3 is 15.4 Å². The molecule has 130 valence electrons. The molecule has 0 aliphatic carbocycles. The minimum Gasteiger partial charge on any atom is -0.465 e. The number of amides is 1. The number of rotatable bonds is 5. The number of anilines is 1. The fourth-order valence-corrected chi connectivity index (χ4v) is 2.57. The standard InChI is InChI=1S/C18H17ClN2O3S/c1-24-17(23)13-6-9-14(10-7-13)20-18(25)21-16(22)11-8-12-4-2-3-5-15(12)19/h2-7,9-10H,8,11H2,1H3,(H2,20,21,22,25). The summed E-state index contributed by atoms with van der Waals surface area (Å²) in [5.74, 6) is -0.620. The molecule has 0 spiro atoms. The third-order valence-corrected chi connectivity index (χ3v) is 3.97. The molecule has 0 radical (unpaired) electrons. The van der Waals surface area contributed by atoms with Gasteiger partial charge in [-0.2, -0.15) is 0 Å². The summed E-state index contributed by atoms with van der Waals surface area (Å²) in [7, 11) is 1.32. The van der Waals surface area contributed by atoms with E-state index in [2.05, 4.69) is 15.4 Å². The molecule has 0 fully saturated rings. The lowest BCUT2D eigenvalue weighted by molar-refractivity contribution is -0.119. The molecule has 0 saturated heterocycles. The Labute approximate surface area is 156 Å². The van der Waals surface area contributed by atoms with Crippen LogP contribution in [0, 0.1) is 0 Å². The largest absolute Gasteiger partial charge is 0.465 e. The summed E-state index contributed by atoms with van der Waals surface area (Å²) < 4.78 is 4.63. The van der Waals surface area contributed by atoms with Crippen molar-refractivity contribution in [2.24, 2.45) is 0 Å². The van der Waals surface area contributed by atoms with Gasteiger partial charge in [0, 0.05) is 17.1 Å². The quantitative estimate of drug-likeness (QED) is 0.616. The molecular weight excluding hydrogens is 360 g/mol. The number of nitrogens with one attached hydrogen (secondary N) is 2. The summed E-state index contributed by atoms with van der Waals surface area (Å²) in [4.78, 5) is 23.3. The third-order valence-electron chi connectivity index (χ3n) is 3.40. The Balaban J connectivity index is 1.82. The zero-order valence-electron chi connectivity index (χ0n) is 13.5. The van der Waals surface area contributed by atoms with Crippen LogP contribution in [0.4, 0.5) is 5.69 Å². The normalized spacial score (nSPS) is 10.0. The number of aryl methyl sites for hydroxylation is 1. The highest BCUT2D eigenvalue weighted by Crippen LogP contribution is 2.16. The van der Waals surface area contributed by atoms with Gasteiger partial charge in [0.25, 0.3) is 0 Å². The van der Waals surface area contributed by atoms with Gasteiger partial charge in [-0.15, -0.1) is 0 Å². The van der Waals surface area contributed by atoms with Gasteiger partial charge >= 0.3 is 5.97 Å². The second-order valence-corrected chi connectivity index (χ2v) is 5.98. The van der Waals surface area contributed by atoms with Gasteiger partial charge in [0.05, 0.1) is 12.7 Å². The maximum absolute atomic E-state index is 12.0. The fourth-order valence-electron chi connectivity index (χ4n) is 2.11. The fraction of sp³-hybridized carbons (Fsp3) is 0.167. The van der Waals surface area contributed by atoms with Gasteiger partial charge in [-0.1, -0.05) is 29.8 Å². The molecule has 25 heavy (non-hydrogen) atoms. The van der Waals surface area contributed by atoms with Crippen LogP contribution in [0.1, 0.15) is 22.3 Å². The number of hydrogen-bond donors (Lipinski definition) is 2. The van der Waals surface area contributed by atoms with Crippen molar-refractivity contribution < 1.29 is 14.3 Å². The van der Waals surface area contributed by atoms with Crippen molar-refractivity contribution >= 4 is 46.5 Å². The summed E-state index contributed by atoms with van der Waals surface area (Å²) in [5.41, 5.74) is 2.00. The average molecular weight is 377 g/mol. The molecule has 0 bridgehead atoms. The summed E-state index contributed by atoms with van der Waals surface area (Å²) in [6, 6.07) is 14.0. The van der Waals surface area contributed by atoms with Crippen LogP contribution in [0.2, 0.25) is 5.02 Å². The van der Waals surface area contributed by atoms with E-state index < -0.39 is 5.97 Å². The van der Waals surface area contributed by atoms with Crippen molar-refractivity contribution in [3.05, 3.63) is 64.7 Å². The number of halogens is 1. The van der Waals surface area contributed by atoms with Crippen molar-refractivity contribution in [3.8, 4) is 0 Å². The molecule has 5 nitrogen and oxygen atoms in total. The second kappa shape index (κ2) is 9.15. The van der Waals surface area contributed by atoms with Gasteiger partial charge in [-0.05, 0) is 54.5 Å². The molecule has 7 heteroatoms. The molecule has 0 saturated carbocycles. The highest BCUT2D eigenvalue weighted by molar-refractivity contribution is 7.80. The number of ether oxygens (including phenoxy) is 1. The number of thiocarbonyl (C=S) groups is 1. The molecule has 1 amide bonds. The maximum atomic E-state index is 12.0. The lowest BCUT2D eigenvalue weighted by Gasteiger charge is -2.10. The number of hydrogen-bond acceptors (Lipinski definition) is 4. The molecule has 2 N–H and O–H groups in total. The lowest BCUT2D eigenvalue weighted by Crippen LogP contribution is -2.34. The van der Waals surface area contributed by atoms with Crippen LogP contribution in [0.15, 0.2) is 48.5 Å². The summed E-state index contributed by atoms with van der Waals surface area (Å²) in [5, 5.41) is 6.33. The topological polar surface area (TPSA) is 67.4 Å². The van der Waals surface area contributed by atoms with Crippen LogP contribution in [-0.2, 0) is 16.0 Å². The van der Waals surface area contributed by atoms with Crippen molar-refractivity contribution in [2.45, 2.75) is 12.8 Å². The van der Waals surface area contributed by atoms with Crippen LogP contribution in [0.5, 0.6) is 0 Å². The number of benzene rings is 2. The van der Waals surface area contributed by atoms with Crippen LogP contribution >= 0.6 is 23.8 Å². The first-order chi connectivity index (χ1) is 12.0. The van der Waals surface area contributed by atoms with Crippen LogP contribution in [-0.4, -0.2) is 24.1 Å². The van der Waals surface area contributed by atoms with E-state index in [1.165, 1.54) is 7.11 Å². The van der Waals surface area contributed by atoms with Crippen LogP contribution in [0.25, 0.3) is 0 Å². The van der Waals surface area contributed by atoms with Crippen molar-refractivity contribution in [2.75, 3.05) is 12.4 Å². The lowest BCUT2D eigenvalue weighted by atomic mass is 10.1. The Morgan fingerprint density at radius 3 is 2.44 bits per heavy atom. The molecule has 2 aromatic carbocycles. The van der Waals surface area contributed by atoms with Crippen LogP contribution < -0.4 is 10.6 Å². The first-order valence-corrected chi connectivity index (χ1v) is 8.31. The van der Waals surface area contributed by atoms with E-state index in [-0.39, 0.29) is 17.4 Å². The summed E-state index contributed by atoms with van der Waals surface area (Å²) in [6.45, 7) is 0. The number of carbonyl (C=O) groups is 2. The predicted molar refractivity (Wildman–Crippen MR) is 102 cm³/mol. The predicted octanol–water partition coefficient (Wildman–Crippen LogP) is 3.57. The minimum absolute atomic E-state index is 0.190. The van der Waals surface area contributed by atoms with E-state index in [0.717, 1.165) is 5.56 Å². The Hall–Kier alpha value is -2.44. The molecule has 0 aromatic heterocycles. The zero-order chi connectivity index (χ0) is 18.2.